The Morgan fingerprint density at radius 2 is 1.56 bits per heavy atom. The van der Waals surface area contributed by atoms with Crippen LogP contribution in [-0.2, 0) is 9.59 Å². The first-order chi connectivity index (χ1) is 15.3. The lowest BCUT2D eigenvalue weighted by Gasteiger charge is -2.19. The van der Waals surface area contributed by atoms with Gasteiger partial charge in [-0.2, -0.15) is 0 Å². The highest BCUT2D eigenvalue weighted by Crippen LogP contribution is 2.27. The van der Waals surface area contributed by atoms with Gasteiger partial charge in [0, 0.05) is 12.0 Å². The molecule has 3 amide bonds. The van der Waals surface area contributed by atoms with E-state index in [1.165, 1.54) is 11.3 Å². The minimum atomic E-state index is -0.926. The number of benzene rings is 2. The molecule has 1 atom stereocenters. The molecule has 3 aromatic rings. The topological polar surface area (TPSA) is 100 Å². The molecule has 0 aliphatic heterocycles. The fraction of sp³-hybridized carbons (Fsp3) is 0.250. The van der Waals surface area contributed by atoms with Gasteiger partial charge in [0.25, 0.3) is 11.8 Å². The quantitative estimate of drug-likeness (QED) is 0.477. The Morgan fingerprint density at radius 1 is 0.938 bits per heavy atom. The number of amides is 3. The lowest BCUT2D eigenvalue weighted by molar-refractivity contribution is -0.130. The van der Waals surface area contributed by atoms with Crippen molar-refractivity contribution in [2.75, 3.05) is 0 Å². The number of hydrogen-bond acceptors (Lipinski definition) is 5. The second-order valence-corrected chi connectivity index (χ2v) is 8.75. The molecule has 166 valence electrons. The molecule has 32 heavy (non-hydrogen) atoms. The van der Waals surface area contributed by atoms with Crippen LogP contribution in [0, 0.1) is 12.8 Å². The second kappa shape index (κ2) is 10.7. The van der Waals surface area contributed by atoms with Crippen LogP contribution in [0.4, 0.5) is 0 Å². The van der Waals surface area contributed by atoms with Crippen LogP contribution in [0.2, 0.25) is 0 Å². The number of carbonyl (C=O) groups is 3. The van der Waals surface area contributed by atoms with Gasteiger partial charge in [0.05, 0.1) is 5.69 Å². The van der Waals surface area contributed by atoms with Crippen molar-refractivity contribution in [1.29, 1.82) is 0 Å². The van der Waals surface area contributed by atoms with Crippen molar-refractivity contribution >= 4 is 29.1 Å². The summed E-state index contributed by atoms with van der Waals surface area (Å²) in [5.74, 6) is -1.08. The van der Waals surface area contributed by atoms with Crippen LogP contribution in [0.3, 0.4) is 0 Å². The molecule has 0 aliphatic rings. The van der Waals surface area contributed by atoms with Crippen LogP contribution in [-0.4, -0.2) is 22.7 Å². The van der Waals surface area contributed by atoms with E-state index in [1.54, 1.807) is 31.2 Å². The number of nitrogens with zero attached hydrogens (tertiary/aromatic N) is 1. The largest absolute Gasteiger partial charge is 0.340 e. The lowest BCUT2D eigenvalue weighted by atomic mass is 10.0. The van der Waals surface area contributed by atoms with E-state index in [4.69, 9.17) is 0 Å². The summed E-state index contributed by atoms with van der Waals surface area (Å²) in [4.78, 5) is 42.7. The van der Waals surface area contributed by atoms with Crippen LogP contribution in [0.1, 0.15) is 47.2 Å². The number of aromatic nitrogens is 1. The molecule has 0 saturated carbocycles. The average molecular weight is 451 g/mol. The molecule has 1 unspecified atom stereocenters. The standard InChI is InChI=1S/C24H26N4O3S/c1-15(2)14-19(29)26-20(17-10-6-4-7-11-17)22(30)27-28-23(31)21-16(3)25-24(32-21)18-12-8-5-9-13-18/h4-13,15,20H,14H2,1-3H3,(H,26,29)(H,27,30)(H,28,31). The summed E-state index contributed by atoms with van der Waals surface area (Å²) < 4.78 is 0. The summed E-state index contributed by atoms with van der Waals surface area (Å²) in [6.45, 7) is 5.61. The summed E-state index contributed by atoms with van der Waals surface area (Å²) in [6.07, 6.45) is 0.297. The minimum Gasteiger partial charge on any atom is -0.340 e. The van der Waals surface area contributed by atoms with Crippen LogP contribution in [0.25, 0.3) is 10.6 Å². The summed E-state index contributed by atoms with van der Waals surface area (Å²) >= 11 is 1.25. The van der Waals surface area contributed by atoms with E-state index in [1.807, 2.05) is 50.2 Å². The molecule has 1 heterocycles. The first-order valence-corrected chi connectivity index (χ1v) is 11.1. The van der Waals surface area contributed by atoms with E-state index in [-0.39, 0.29) is 11.8 Å². The zero-order chi connectivity index (χ0) is 23.1. The summed E-state index contributed by atoms with van der Waals surface area (Å²) in [7, 11) is 0. The molecule has 0 spiro atoms. The highest BCUT2D eigenvalue weighted by Gasteiger charge is 2.24. The van der Waals surface area contributed by atoms with Gasteiger partial charge in [0.15, 0.2) is 0 Å². The lowest BCUT2D eigenvalue weighted by Crippen LogP contribution is -2.48. The zero-order valence-electron chi connectivity index (χ0n) is 18.2. The SMILES string of the molecule is Cc1nc(-c2ccccc2)sc1C(=O)NNC(=O)C(NC(=O)CC(C)C)c1ccccc1. The van der Waals surface area contributed by atoms with Crippen molar-refractivity contribution in [3.05, 3.63) is 76.8 Å². The Bertz CT molecular complexity index is 1080. The van der Waals surface area contributed by atoms with Gasteiger partial charge in [0.1, 0.15) is 15.9 Å². The number of hydrazine groups is 1. The summed E-state index contributed by atoms with van der Waals surface area (Å²) in [5.41, 5.74) is 7.00. The fourth-order valence-corrected chi connectivity index (χ4v) is 4.06. The van der Waals surface area contributed by atoms with E-state index in [9.17, 15) is 14.4 Å². The number of thiazole rings is 1. The third-order valence-corrected chi connectivity index (χ3v) is 5.82. The van der Waals surface area contributed by atoms with Gasteiger partial charge in [-0.1, -0.05) is 74.5 Å². The first kappa shape index (κ1) is 23.1. The van der Waals surface area contributed by atoms with Crippen molar-refractivity contribution in [3.8, 4) is 10.6 Å². The molecule has 8 heteroatoms. The molecule has 7 nitrogen and oxygen atoms in total. The third kappa shape index (κ3) is 6.01. The molecule has 0 aliphatic carbocycles. The van der Waals surface area contributed by atoms with Crippen LogP contribution in [0.5, 0.6) is 0 Å². The molecule has 1 aromatic heterocycles. The predicted molar refractivity (Wildman–Crippen MR) is 125 cm³/mol. The number of rotatable bonds is 7. The maximum absolute atomic E-state index is 12.9. The number of aryl methyl sites for hydroxylation is 1. The molecule has 0 radical (unpaired) electrons. The molecule has 2 aromatic carbocycles. The Labute approximate surface area is 191 Å². The molecule has 3 rings (SSSR count). The van der Waals surface area contributed by atoms with E-state index >= 15 is 0 Å². The average Bonchev–Trinajstić information content (AvgIpc) is 3.18. The first-order valence-electron chi connectivity index (χ1n) is 10.3. The normalized spacial score (nSPS) is 11.6. The number of nitrogens with one attached hydrogen (secondary N) is 3. The van der Waals surface area contributed by atoms with Gasteiger partial charge in [0.2, 0.25) is 5.91 Å². The van der Waals surface area contributed by atoms with Gasteiger partial charge >= 0.3 is 0 Å². The monoisotopic (exact) mass is 450 g/mol. The molecule has 0 saturated heterocycles. The van der Waals surface area contributed by atoms with Crippen molar-refractivity contribution in [2.24, 2.45) is 5.92 Å². The van der Waals surface area contributed by atoms with Crippen LogP contribution >= 0.6 is 11.3 Å². The zero-order valence-corrected chi connectivity index (χ0v) is 19.0. The van der Waals surface area contributed by atoms with Gasteiger partial charge in [-0.3, -0.25) is 25.2 Å². The van der Waals surface area contributed by atoms with Crippen LogP contribution in [0.15, 0.2) is 60.7 Å². The Balaban J connectivity index is 1.70. The predicted octanol–water partition coefficient (Wildman–Crippen LogP) is 3.78. The Kier molecular flexibility index (Phi) is 7.72. The van der Waals surface area contributed by atoms with E-state index in [0.29, 0.717) is 22.6 Å². The van der Waals surface area contributed by atoms with E-state index in [0.717, 1.165) is 10.6 Å². The summed E-state index contributed by atoms with van der Waals surface area (Å²) in [6, 6.07) is 17.5. The highest BCUT2D eigenvalue weighted by atomic mass is 32.1. The van der Waals surface area contributed by atoms with Crippen molar-refractivity contribution in [3.63, 3.8) is 0 Å². The van der Waals surface area contributed by atoms with Crippen molar-refractivity contribution in [1.82, 2.24) is 21.2 Å². The second-order valence-electron chi connectivity index (χ2n) is 7.75. The van der Waals surface area contributed by atoms with Gasteiger partial charge in [-0.25, -0.2) is 4.98 Å². The molecular weight excluding hydrogens is 424 g/mol. The molecule has 0 fully saturated rings. The number of carbonyl (C=O) groups excluding carboxylic acids is 3. The van der Waals surface area contributed by atoms with E-state index < -0.39 is 17.9 Å². The maximum atomic E-state index is 12.9. The number of hydrogen-bond donors (Lipinski definition) is 3. The Hall–Kier alpha value is -3.52. The van der Waals surface area contributed by atoms with Gasteiger partial charge in [-0.05, 0) is 18.4 Å². The molecule has 3 N–H and O–H groups in total. The van der Waals surface area contributed by atoms with Gasteiger partial charge in [-0.15, -0.1) is 11.3 Å². The fourth-order valence-electron chi connectivity index (χ4n) is 3.10. The van der Waals surface area contributed by atoms with Gasteiger partial charge < -0.3 is 5.32 Å². The maximum Gasteiger partial charge on any atom is 0.281 e. The van der Waals surface area contributed by atoms with Crippen LogP contribution < -0.4 is 16.2 Å². The van der Waals surface area contributed by atoms with Crippen molar-refractivity contribution in [2.45, 2.75) is 33.2 Å². The highest BCUT2D eigenvalue weighted by molar-refractivity contribution is 7.17. The molecular formula is C24H26N4O3S. The smallest absolute Gasteiger partial charge is 0.281 e. The minimum absolute atomic E-state index is 0.155. The molecule has 0 bridgehead atoms. The van der Waals surface area contributed by atoms with E-state index in [2.05, 4.69) is 21.2 Å². The summed E-state index contributed by atoms with van der Waals surface area (Å²) in [5, 5.41) is 3.48. The Morgan fingerprint density at radius 3 is 2.19 bits per heavy atom. The third-order valence-electron chi connectivity index (χ3n) is 4.62. The van der Waals surface area contributed by atoms with Crippen molar-refractivity contribution < 1.29 is 14.4 Å².